The van der Waals surface area contributed by atoms with Gasteiger partial charge in [-0.2, -0.15) is 0 Å². The number of hydrogen-bond acceptors (Lipinski definition) is 15. The average molecular weight is 1190 g/mol. The Kier molecular flexibility index (Phi) is 25.0. The van der Waals surface area contributed by atoms with Crippen molar-refractivity contribution >= 4 is 81.8 Å². The molecule has 464 valence electrons. The number of nitrogens with one attached hydrogen (secondary N) is 10. The summed E-state index contributed by atoms with van der Waals surface area (Å²) in [6, 6.07) is 1.92. The van der Waals surface area contributed by atoms with Crippen LogP contribution in [-0.2, 0) is 65.6 Å². The summed E-state index contributed by atoms with van der Waals surface area (Å²) in [6.45, 7) is 5.14. The van der Waals surface area contributed by atoms with Crippen LogP contribution in [-0.4, -0.2) is 183 Å². The third-order valence-electron chi connectivity index (χ3n) is 14.3. The molecular formula is C56H81N15O14. The van der Waals surface area contributed by atoms with Gasteiger partial charge in [0.1, 0.15) is 54.1 Å². The average Bonchev–Trinajstić information content (AvgIpc) is 3.24. The number of likely N-dealkylation sites (tertiary alicyclic amines) is 1. The molecule has 0 bridgehead atoms. The van der Waals surface area contributed by atoms with Gasteiger partial charge in [-0.25, -0.2) is 0 Å². The standard InChI is InChI=1S/C56H81N15O14/c1-28(2)19-40(51(81)66-38(11-8-18-61-56(59)60-5)50(80)67-39(48(58)78)22-33-25-62-37-10-7-6-9-36(33)37)65-46(77)26-63-49(79)41(20-31-12-13-31)69-54(84)47(29(3)72)70-52(82)42(24-45(57)76)68-53(83)44-23-35(75)27-71(44)55(85)43(64-30(4)73)21-32-14-16-34(74)17-15-32/h6-7,9-10,14-17,25,28-29,31,35,38-44,47,62,72,74-75H,8,11-13,18-24,26-27H2,1-5H3,(H2,57,76)(H2,58,78)(H,63,79)(H,64,73)(H,65,77)(H,66,81)(H,67,80)(H,68,83)(H,69,84)(H,70,82)(H3,59,60,61)/t29-,35-,38+,39+,40+,41+,42+,43-,44+,47+/m1/s1. The summed E-state index contributed by atoms with van der Waals surface area (Å²) in [4.78, 5) is 156. The number of guanidine groups is 1. The minimum atomic E-state index is -1.82. The number of aromatic hydroxyl groups is 1. The van der Waals surface area contributed by atoms with Crippen molar-refractivity contribution in [3.8, 4) is 5.75 Å². The topological polar surface area (TPSA) is 466 Å². The third kappa shape index (κ3) is 21.1. The lowest BCUT2D eigenvalue weighted by Crippen LogP contribution is -2.61. The third-order valence-corrected chi connectivity index (χ3v) is 14.3. The first-order chi connectivity index (χ1) is 40.2. The highest BCUT2D eigenvalue weighted by atomic mass is 16.3. The van der Waals surface area contributed by atoms with E-state index in [1.807, 2.05) is 24.3 Å². The van der Waals surface area contributed by atoms with Gasteiger partial charge in [-0.1, -0.05) is 57.0 Å². The van der Waals surface area contributed by atoms with Crippen LogP contribution in [0.4, 0.5) is 0 Å². The number of aliphatic imine (C=N–C) groups is 1. The first kappa shape index (κ1) is 66.9. The van der Waals surface area contributed by atoms with Gasteiger partial charge in [-0.05, 0) is 73.8 Å². The minimum absolute atomic E-state index is 0.0227. The number of carbonyl (C=O) groups is 11. The number of aromatic nitrogens is 1. The van der Waals surface area contributed by atoms with Crippen LogP contribution in [0, 0.1) is 11.8 Å². The maximum Gasteiger partial charge on any atom is 0.246 e. The van der Waals surface area contributed by atoms with Crippen molar-refractivity contribution in [1.29, 1.82) is 0 Å². The molecule has 29 nitrogen and oxygen atoms in total. The number of nitrogens with two attached hydrogens (primary N) is 3. The summed E-state index contributed by atoms with van der Waals surface area (Å²) < 4.78 is 0. The molecule has 1 aromatic heterocycles. The van der Waals surface area contributed by atoms with E-state index in [9.17, 15) is 68.1 Å². The number of rotatable bonds is 32. The second kappa shape index (κ2) is 31.7. The van der Waals surface area contributed by atoms with Gasteiger partial charge in [0.05, 0.1) is 25.2 Å². The van der Waals surface area contributed by atoms with Gasteiger partial charge >= 0.3 is 0 Å². The zero-order valence-corrected chi connectivity index (χ0v) is 48.3. The Labute approximate surface area is 490 Å². The SMILES string of the molecule is CN=C(N)NCCC[C@H](NC(=O)[C@H](CC(C)C)NC(=O)CNC(=O)[C@H](CC1CC1)NC(=O)[C@@H](NC(=O)[C@H](CC(N)=O)NC(=O)[C@@H]1C[C@@H](O)CN1C(=O)[C@@H](Cc1ccc(O)cc1)NC(C)=O)[C@@H](C)O)C(=O)N[C@@H](Cc1c[nH]c2ccccc12)C(N)=O. The van der Waals surface area contributed by atoms with Crippen LogP contribution in [0.15, 0.2) is 59.7 Å². The van der Waals surface area contributed by atoms with Crippen LogP contribution in [0.3, 0.4) is 0 Å². The second-order valence-corrected chi connectivity index (χ2v) is 22.0. The molecule has 5 rings (SSSR count). The van der Waals surface area contributed by atoms with E-state index in [1.54, 1.807) is 20.0 Å². The second-order valence-electron chi connectivity index (χ2n) is 22.0. The molecule has 11 amide bonds. The monoisotopic (exact) mass is 1190 g/mol. The van der Waals surface area contributed by atoms with Gasteiger partial charge in [0, 0.05) is 63.4 Å². The molecule has 0 unspecified atom stereocenters. The molecule has 2 aromatic carbocycles. The summed E-state index contributed by atoms with van der Waals surface area (Å²) >= 11 is 0. The van der Waals surface area contributed by atoms with Crippen molar-refractivity contribution in [2.45, 2.75) is 152 Å². The molecule has 0 radical (unpaired) electrons. The molecule has 19 N–H and O–H groups in total. The Hall–Kier alpha value is -8.86. The molecular weight excluding hydrogens is 1110 g/mol. The maximum absolute atomic E-state index is 14.1. The number of fused-ring (bicyclic) bond motifs is 1. The normalized spacial score (nSPS) is 17.8. The zero-order chi connectivity index (χ0) is 62.7. The van der Waals surface area contributed by atoms with E-state index in [-0.39, 0.29) is 81.6 Å². The summed E-state index contributed by atoms with van der Waals surface area (Å²) in [5.74, 6) is -9.75. The maximum atomic E-state index is 14.1. The zero-order valence-electron chi connectivity index (χ0n) is 48.3. The first-order valence-corrected chi connectivity index (χ1v) is 28.1. The number of amides is 11. The van der Waals surface area contributed by atoms with E-state index in [2.05, 4.69) is 57.8 Å². The fraction of sp³-hybridized carbons (Fsp3) is 0.536. The number of para-hydroxylation sites is 1. The van der Waals surface area contributed by atoms with E-state index in [0.29, 0.717) is 24.0 Å². The summed E-state index contributed by atoms with van der Waals surface area (Å²) in [5.41, 5.74) is 19.1. The molecule has 1 saturated carbocycles. The molecule has 1 aliphatic heterocycles. The number of nitrogens with zero attached hydrogens (tertiary/aromatic N) is 2. The van der Waals surface area contributed by atoms with Crippen molar-refractivity contribution in [3.63, 3.8) is 0 Å². The predicted molar refractivity (Wildman–Crippen MR) is 308 cm³/mol. The number of aliphatic hydroxyl groups excluding tert-OH is 2. The molecule has 3 aromatic rings. The Morgan fingerprint density at radius 1 is 0.729 bits per heavy atom. The molecule has 2 heterocycles. The number of β-amino-alcohol motifs (C(OH)–C–C–N with tert-alkyl or cyclic N) is 1. The van der Waals surface area contributed by atoms with E-state index in [0.717, 1.165) is 22.7 Å². The number of phenolic OH excluding ortho intramolecular Hbond substituents is 1. The number of aromatic amines is 1. The fourth-order valence-corrected chi connectivity index (χ4v) is 9.73. The summed E-state index contributed by atoms with van der Waals surface area (Å²) in [6.07, 6.45) is -0.450. The quantitative estimate of drug-likeness (QED) is 0.0161. The number of primary amides is 2. The molecule has 0 spiro atoms. The van der Waals surface area contributed by atoms with Crippen molar-refractivity contribution in [3.05, 3.63) is 65.9 Å². The van der Waals surface area contributed by atoms with Crippen molar-refractivity contribution in [1.82, 2.24) is 57.7 Å². The highest BCUT2D eigenvalue weighted by Gasteiger charge is 2.43. The molecule has 1 saturated heterocycles. The van der Waals surface area contributed by atoms with E-state index < -0.39 is 138 Å². The van der Waals surface area contributed by atoms with E-state index in [1.165, 1.54) is 38.2 Å². The van der Waals surface area contributed by atoms with Crippen LogP contribution >= 0.6 is 0 Å². The predicted octanol–water partition coefficient (Wildman–Crippen LogP) is -3.95. The van der Waals surface area contributed by atoms with Crippen LogP contribution in [0.25, 0.3) is 10.9 Å². The molecule has 1 aliphatic carbocycles. The highest BCUT2D eigenvalue weighted by molar-refractivity contribution is 5.99. The Balaban J connectivity index is 1.23. The van der Waals surface area contributed by atoms with Gasteiger partial charge in [0.2, 0.25) is 65.0 Å². The van der Waals surface area contributed by atoms with Crippen molar-refractivity contribution < 1.29 is 68.1 Å². The smallest absolute Gasteiger partial charge is 0.246 e. The summed E-state index contributed by atoms with van der Waals surface area (Å²) in [5, 5.41) is 55.1. The molecule has 10 atom stereocenters. The van der Waals surface area contributed by atoms with Gasteiger partial charge in [0.15, 0.2) is 5.96 Å². The number of H-pyrrole nitrogens is 1. The van der Waals surface area contributed by atoms with Gasteiger partial charge in [-0.15, -0.1) is 0 Å². The van der Waals surface area contributed by atoms with Gasteiger partial charge in [0.25, 0.3) is 0 Å². The lowest BCUT2D eigenvalue weighted by atomic mass is 10.0. The van der Waals surface area contributed by atoms with Crippen molar-refractivity contribution in [2.75, 3.05) is 26.7 Å². The Morgan fingerprint density at radius 2 is 1.38 bits per heavy atom. The van der Waals surface area contributed by atoms with Gasteiger partial charge in [-0.3, -0.25) is 57.7 Å². The number of aliphatic hydroxyl groups is 2. The van der Waals surface area contributed by atoms with Gasteiger partial charge < -0.3 is 90.3 Å². The van der Waals surface area contributed by atoms with E-state index >= 15 is 0 Å². The van der Waals surface area contributed by atoms with Crippen LogP contribution < -0.4 is 65.1 Å². The fourth-order valence-electron chi connectivity index (χ4n) is 9.73. The molecule has 2 fully saturated rings. The van der Waals surface area contributed by atoms with Crippen molar-refractivity contribution in [2.24, 2.45) is 34.0 Å². The van der Waals surface area contributed by atoms with Crippen LogP contribution in [0.1, 0.15) is 90.2 Å². The summed E-state index contributed by atoms with van der Waals surface area (Å²) in [7, 11) is 1.48. The largest absolute Gasteiger partial charge is 0.508 e. The lowest BCUT2D eigenvalue weighted by Gasteiger charge is -2.30. The van der Waals surface area contributed by atoms with Crippen LogP contribution in [0.5, 0.6) is 5.75 Å². The molecule has 29 heteroatoms. The lowest BCUT2D eigenvalue weighted by molar-refractivity contribution is -0.142. The number of carbonyl (C=O) groups excluding carboxylic acids is 11. The first-order valence-electron chi connectivity index (χ1n) is 28.1. The molecule has 85 heavy (non-hydrogen) atoms. The van der Waals surface area contributed by atoms with E-state index in [4.69, 9.17) is 17.2 Å². The number of benzene rings is 2. The molecule has 2 aliphatic rings. The highest BCUT2D eigenvalue weighted by Crippen LogP contribution is 2.33. The van der Waals surface area contributed by atoms with Crippen LogP contribution in [0.2, 0.25) is 0 Å². The minimum Gasteiger partial charge on any atom is -0.508 e. The number of phenols is 1. The number of hydrogen-bond donors (Lipinski definition) is 16. The Morgan fingerprint density at radius 3 is 2.00 bits per heavy atom. The Bertz CT molecular complexity index is 2910.